The first-order valence-corrected chi connectivity index (χ1v) is 29.4. The number of rotatable bonds is 55. The molecule has 0 aromatic heterocycles. The van der Waals surface area contributed by atoms with Crippen LogP contribution in [0.5, 0.6) is 0 Å². The van der Waals surface area contributed by atoms with Crippen LogP contribution in [0.15, 0.2) is 12.2 Å². The maximum absolute atomic E-state index is 12.5. The van der Waals surface area contributed by atoms with E-state index in [0.717, 1.165) is 25.7 Å². The van der Waals surface area contributed by atoms with Crippen molar-refractivity contribution in [3.05, 3.63) is 12.2 Å². The SMILES string of the molecule is CCCCCCCCCC/C=C\CCCCCCCCCCCC(=O)NC(CO)C(O)CCCCCCCCCCCCCCCCCCCCCCCCCCCCCCCC. The molecule has 0 saturated carbocycles. The van der Waals surface area contributed by atoms with Gasteiger partial charge in [0.15, 0.2) is 0 Å². The maximum atomic E-state index is 12.5. The van der Waals surface area contributed by atoms with Crippen LogP contribution in [-0.4, -0.2) is 34.9 Å². The third-order valence-electron chi connectivity index (χ3n) is 14.0. The van der Waals surface area contributed by atoms with Crippen LogP contribution in [-0.2, 0) is 4.79 Å². The number of carbonyl (C=O) groups excluding carboxylic acids is 1. The lowest BCUT2D eigenvalue weighted by Gasteiger charge is -2.22. The minimum Gasteiger partial charge on any atom is -0.394 e. The van der Waals surface area contributed by atoms with Crippen LogP contribution < -0.4 is 5.32 Å². The van der Waals surface area contributed by atoms with Crippen molar-refractivity contribution in [3.8, 4) is 0 Å². The van der Waals surface area contributed by atoms with Gasteiger partial charge >= 0.3 is 0 Å². The Morgan fingerprint density at radius 2 is 0.603 bits per heavy atom. The van der Waals surface area contributed by atoms with Gasteiger partial charge < -0.3 is 15.5 Å². The van der Waals surface area contributed by atoms with Crippen molar-refractivity contribution in [3.63, 3.8) is 0 Å². The smallest absolute Gasteiger partial charge is 0.220 e. The second-order valence-electron chi connectivity index (χ2n) is 20.4. The molecule has 0 bridgehead atoms. The number of nitrogens with one attached hydrogen (secondary N) is 1. The molecule has 0 fully saturated rings. The number of hydrogen-bond donors (Lipinski definition) is 3. The van der Waals surface area contributed by atoms with Gasteiger partial charge in [-0.1, -0.05) is 309 Å². The summed E-state index contributed by atoms with van der Waals surface area (Å²) in [7, 11) is 0. The molecule has 3 N–H and O–H groups in total. The van der Waals surface area contributed by atoms with E-state index in [9.17, 15) is 15.0 Å². The van der Waals surface area contributed by atoms with Gasteiger partial charge in [0.2, 0.25) is 5.91 Å². The zero-order valence-corrected chi connectivity index (χ0v) is 43.4. The van der Waals surface area contributed by atoms with Gasteiger partial charge in [-0.05, 0) is 38.5 Å². The summed E-state index contributed by atoms with van der Waals surface area (Å²) >= 11 is 0. The summed E-state index contributed by atoms with van der Waals surface area (Å²) in [5.74, 6) is -0.0271. The van der Waals surface area contributed by atoms with E-state index < -0.39 is 12.1 Å². The molecule has 0 aliphatic rings. The van der Waals surface area contributed by atoms with Gasteiger partial charge in [0.25, 0.3) is 0 Å². The summed E-state index contributed by atoms with van der Waals surface area (Å²) < 4.78 is 0. The Bertz CT molecular complexity index is 875. The molecule has 0 spiro atoms. The number of hydrogen-bond acceptors (Lipinski definition) is 3. The average Bonchev–Trinajstić information content (AvgIpc) is 3.29. The second-order valence-corrected chi connectivity index (χ2v) is 20.4. The van der Waals surface area contributed by atoms with E-state index in [1.807, 2.05) is 0 Å². The Labute approximate surface area is 397 Å². The number of amides is 1. The topological polar surface area (TPSA) is 69.6 Å². The number of aliphatic hydroxyl groups excluding tert-OH is 2. The van der Waals surface area contributed by atoms with Crippen LogP contribution in [0.4, 0.5) is 0 Å². The predicted molar refractivity (Wildman–Crippen MR) is 281 cm³/mol. The highest BCUT2D eigenvalue weighted by atomic mass is 16.3. The van der Waals surface area contributed by atoms with E-state index in [-0.39, 0.29) is 12.5 Å². The molecule has 0 aromatic carbocycles. The minimum atomic E-state index is -0.659. The van der Waals surface area contributed by atoms with Crippen LogP contribution in [0, 0.1) is 0 Å². The van der Waals surface area contributed by atoms with Crippen molar-refractivity contribution < 1.29 is 15.0 Å². The van der Waals surface area contributed by atoms with Gasteiger partial charge in [-0.15, -0.1) is 0 Å². The van der Waals surface area contributed by atoms with Crippen LogP contribution in [0.1, 0.15) is 341 Å². The lowest BCUT2D eigenvalue weighted by atomic mass is 10.0. The van der Waals surface area contributed by atoms with Crippen molar-refractivity contribution in [1.82, 2.24) is 5.32 Å². The van der Waals surface area contributed by atoms with Crippen LogP contribution in [0.3, 0.4) is 0 Å². The zero-order chi connectivity index (χ0) is 45.6. The number of aliphatic hydroxyl groups is 2. The summed E-state index contributed by atoms with van der Waals surface area (Å²) in [5.41, 5.74) is 0. The molecular weight excluding hydrogens is 771 g/mol. The second kappa shape index (κ2) is 55.5. The molecule has 1 amide bonds. The van der Waals surface area contributed by atoms with Crippen LogP contribution in [0.2, 0.25) is 0 Å². The fourth-order valence-electron chi connectivity index (χ4n) is 9.54. The van der Waals surface area contributed by atoms with Gasteiger partial charge in [-0.2, -0.15) is 0 Å². The van der Waals surface area contributed by atoms with Gasteiger partial charge in [-0.25, -0.2) is 0 Å². The first-order chi connectivity index (χ1) is 31.2. The molecule has 0 aliphatic heterocycles. The van der Waals surface area contributed by atoms with Gasteiger partial charge in [0, 0.05) is 6.42 Å². The van der Waals surface area contributed by atoms with Crippen LogP contribution >= 0.6 is 0 Å². The van der Waals surface area contributed by atoms with Crippen molar-refractivity contribution >= 4 is 5.91 Å². The first kappa shape index (κ1) is 62.1. The average molecular weight is 889 g/mol. The molecular formula is C59H117NO3. The normalized spacial score (nSPS) is 12.8. The number of allylic oxidation sites excluding steroid dienone is 2. The Morgan fingerprint density at radius 3 is 0.873 bits per heavy atom. The fourth-order valence-corrected chi connectivity index (χ4v) is 9.54. The first-order valence-electron chi connectivity index (χ1n) is 29.4. The fraction of sp³-hybridized carbons (Fsp3) is 0.949. The third-order valence-corrected chi connectivity index (χ3v) is 14.0. The monoisotopic (exact) mass is 888 g/mol. The molecule has 2 unspecified atom stereocenters. The Kier molecular flexibility index (Phi) is 54.7. The standard InChI is InChI=1S/C59H117NO3/c1-3-5-7-9-11-13-15-17-19-21-23-25-26-27-28-29-30-31-32-33-35-36-38-40-42-44-46-48-50-52-54-58(62)57(56-61)60-59(63)55-53-51-49-47-45-43-41-39-37-34-24-22-20-18-16-14-12-10-8-6-4-2/h22,24,57-58,61-62H,3-21,23,25-56H2,1-2H3,(H,60,63)/b24-22-. The highest BCUT2D eigenvalue weighted by molar-refractivity contribution is 5.76. The quantitative estimate of drug-likeness (QED) is 0.0421. The predicted octanol–water partition coefficient (Wildman–Crippen LogP) is 19.3. The molecule has 4 nitrogen and oxygen atoms in total. The molecule has 0 heterocycles. The summed E-state index contributed by atoms with van der Waals surface area (Å²) in [6, 6.07) is -0.536. The molecule has 376 valence electrons. The van der Waals surface area contributed by atoms with Crippen LogP contribution in [0.25, 0.3) is 0 Å². The summed E-state index contributed by atoms with van der Waals surface area (Å²) in [5, 5.41) is 23.4. The zero-order valence-electron chi connectivity index (χ0n) is 43.4. The van der Waals surface area contributed by atoms with Crippen molar-refractivity contribution in [1.29, 1.82) is 0 Å². The number of carbonyl (C=O) groups is 1. The molecule has 0 aromatic rings. The van der Waals surface area contributed by atoms with Crippen molar-refractivity contribution in [2.75, 3.05) is 6.61 Å². The maximum Gasteiger partial charge on any atom is 0.220 e. The van der Waals surface area contributed by atoms with E-state index in [1.54, 1.807) is 0 Å². The Hall–Kier alpha value is -0.870. The highest BCUT2D eigenvalue weighted by Crippen LogP contribution is 2.18. The summed E-state index contributed by atoms with van der Waals surface area (Å²) in [6.45, 7) is 4.40. The van der Waals surface area contributed by atoms with E-state index in [1.165, 1.54) is 289 Å². The van der Waals surface area contributed by atoms with Gasteiger partial charge in [0.05, 0.1) is 18.8 Å². The van der Waals surface area contributed by atoms with E-state index >= 15 is 0 Å². The van der Waals surface area contributed by atoms with Crippen molar-refractivity contribution in [2.45, 2.75) is 353 Å². The molecule has 0 rings (SSSR count). The Morgan fingerprint density at radius 1 is 0.365 bits per heavy atom. The molecule has 0 aliphatic carbocycles. The molecule has 4 heteroatoms. The highest BCUT2D eigenvalue weighted by Gasteiger charge is 2.20. The van der Waals surface area contributed by atoms with E-state index in [4.69, 9.17) is 0 Å². The minimum absolute atomic E-state index is 0.0271. The van der Waals surface area contributed by atoms with E-state index in [0.29, 0.717) is 12.8 Å². The lowest BCUT2D eigenvalue weighted by molar-refractivity contribution is -0.123. The summed E-state index contributed by atoms with van der Waals surface area (Å²) in [6.07, 6.45) is 72.1. The lowest BCUT2D eigenvalue weighted by Crippen LogP contribution is -2.45. The number of unbranched alkanes of at least 4 members (excludes halogenated alkanes) is 46. The summed E-state index contributed by atoms with van der Waals surface area (Å²) in [4.78, 5) is 12.5. The third kappa shape index (κ3) is 52.0. The largest absolute Gasteiger partial charge is 0.394 e. The van der Waals surface area contributed by atoms with Crippen molar-refractivity contribution in [2.24, 2.45) is 0 Å². The molecule has 63 heavy (non-hydrogen) atoms. The van der Waals surface area contributed by atoms with Gasteiger partial charge in [-0.3, -0.25) is 4.79 Å². The Balaban J connectivity index is 3.40. The van der Waals surface area contributed by atoms with E-state index in [2.05, 4.69) is 31.3 Å². The molecule has 0 radical (unpaired) electrons. The molecule has 2 atom stereocenters. The van der Waals surface area contributed by atoms with Gasteiger partial charge in [0.1, 0.15) is 0 Å². The molecule has 0 saturated heterocycles.